The number of hydrogen-bond donors (Lipinski definition) is 0. The van der Waals surface area contributed by atoms with Crippen LogP contribution in [0.15, 0.2) is 121 Å². The highest BCUT2D eigenvalue weighted by Gasteiger charge is 2.45. The molecule has 0 bridgehead atoms. The molecular formula is C50H56N3O4+. The molecule has 0 aliphatic carbocycles. The Morgan fingerprint density at radius 1 is 0.719 bits per heavy atom. The molecular weight excluding hydrogens is 707 g/mol. The lowest BCUT2D eigenvalue weighted by atomic mass is 9.79. The molecule has 4 aromatic rings. The third-order valence-electron chi connectivity index (χ3n) is 11.9. The van der Waals surface area contributed by atoms with Crippen LogP contribution in [0, 0.1) is 0 Å². The fourth-order valence-electron chi connectivity index (χ4n) is 9.08. The summed E-state index contributed by atoms with van der Waals surface area (Å²) in [5.41, 5.74) is 7.51. The van der Waals surface area contributed by atoms with Gasteiger partial charge in [0, 0.05) is 66.7 Å². The van der Waals surface area contributed by atoms with Crippen LogP contribution in [0.3, 0.4) is 0 Å². The number of unbranched alkanes of at least 4 members (excludes halogenated alkanes) is 4. The molecule has 0 N–H and O–H groups in total. The molecule has 0 saturated carbocycles. The minimum Gasteiger partial charge on any atom is -0.344 e. The molecule has 0 atom stereocenters. The highest BCUT2D eigenvalue weighted by atomic mass is 16.7. The second-order valence-electron chi connectivity index (χ2n) is 16.5. The number of nitrogens with zero attached hydrogens (tertiary/aromatic N) is 3. The van der Waals surface area contributed by atoms with Gasteiger partial charge in [-0.25, -0.2) is 4.79 Å². The quantitative estimate of drug-likeness (QED) is 0.0522. The lowest BCUT2D eigenvalue weighted by Gasteiger charge is -2.27. The van der Waals surface area contributed by atoms with E-state index in [1.807, 2.05) is 0 Å². The molecule has 1 fully saturated rings. The fraction of sp³-hybridized carbons (Fsp3) is 0.360. The van der Waals surface area contributed by atoms with E-state index >= 15 is 0 Å². The molecule has 3 aliphatic rings. The van der Waals surface area contributed by atoms with Gasteiger partial charge in [-0.05, 0) is 78.4 Å². The van der Waals surface area contributed by atoms with Gasteiger partial charge in [-0.2, -0.15) is 4.58 Å². The summed E-state index contributed by atoms with van der Waals surface area (Å²) in [7, 11) is 0. The van der Waals surface area contributed by atoms with Crippen molar-refractivity contribution < 1.29 is 23.8 Å². The van der Waals surface area contributed by atoms with Crippen LogP contribution in [-0.2, 0) is 30.1 Å². The van der Waals surface area contributed by atoms with Gasteiger partial charge in [0.2, 0.25) is 5.69 Å². The molecule has 0 aromatic heterocycles. The second-order valence-corrected chi connectivity index (χ2v) is 16.5. The molecule has 4 aromatic carbocycles. The minimum atomic E-state index is -0.542. The number of rotatable bonds is 15. The van der Waals surface area contributed by atoms with Crippen molar-refractivity contribution >= 4 is 56.4 Å². The smallest absolute Gasteiger partial charge is 0.333 e. The predicted octanol–water partition coefficient (Wildman–Crippen LogP) is 11.1. The topological polar surface area (TPSA) is 69.9 Å². The number of allylic oxidation sites excluding steroid dienone is 8. The van der Waals surface area contributed by atoms with Crippen LogP contribution in [0.4, 0.5) is 11.4 Å². The number of carbonyl (C=O) groups excluding carboxylic acids is 3. The Bertz CT molecular complexity index is 2340. The number of anilines is 1. The average molecular weight is 763 g/mol. The largest absolute Gasteiger partial charge is 0.344 e. The van der Waals surface area contributed by atoms with Crippen LogP contribution in [0.5, 0.6) is 0 Å². The molecule has 3 aliphatic heterocycles. The van der Waals surface area contributed by atoms with Gasteiger partial charge in [0.15, 0.2) is 5.71 Å². The van der Waals surface area contributed by atoms with Crippen molar-refractivity contribution in [3.8, 4) is 0 Å². The molecule has 1 saturated heterocycles. The van der Waals surface area contributed by atoms with E-state index in [1.165, 1.54) is 68.3 Å². The van der Waals surface area contributed by atoms with Crippen molar-refractivity contribution in [3.63, 3.8) is 0 Å². The maximum Gasteiger partial charge on any atom is 0.333 e. The normalized spacial score (nSPS) is 18.2. The number of amides is 2. The first-order valence-electron chi connectivity index (χ1n) is 20.8. The van der Waals surface area contributed by atoms with E-state index in [9.17, 15) is 14.4 Å². The van der Waals surface area contributed by atoms with E-state index in [-0.39, 0.29) is 30.1 Å². The maximum atomic E-state index is 12.4. The van der Waals surface area contributed by atoms with Gasteiger partial charge < -0.3 is 9.74 Å². The van der Waals surface area contributed by atoms with Gasteiger partial charge in [0.05, 0.1) is 5.41 Å². The van der Waals surface area contributed by atoms with Crippen LogP contribution in [0.2, 0.25) is 0 Å². The third-order valence-corrected chi connectivity index (χ3v) is 11.9. The van der Waals surface area contributed by atoms with Crippen molar-refractivity contribution in [2.45, 2.75) is 103 Å². The molecule has 57 heavy (non-hydrogen) atoms. The van der Waals surface area contributed by atoms with E-state index in [1.54, 1.807) is 0 Å². The van der Waals surface area contributed by atoms with Crippen molar-refractivity contribution in [3.05, 3.63) is 132 Å². The van der Waals surface area contributed by atoms with E-state index < -0.39 is 17.8 Å². The number of benzene rings is 4. The number of hydroxylamine groups is 2. The van der Waals surface area contributed by atoms with Crippen LogP contribution in [-0.4, -0.2) is 46.2 Å². The summed E-state index contributed by atoms with van der Waals surface area (Å²) in [4.78, 5) is 43.7. The molecule has 0 unspecified atom stereocenters. The first-order valence-corrected chi connectivity index (χ1v) is 20.8. The SMILES string of the molecule is CCCCCN1/C(=C/C=C/C=C/C=C/C2=[N+](CCCCCC(=O)ON3C(=O)CCC3=O)c3ccc4ccccc4c3C2(C)C)C(C)(C)c2c1ccc1ccccc21. The molecule has 0 radical (unpaired) electrons. The molecule has 294 valence electrons. The molecule has 2 amide bonds. The highest BCUT2D eigenvalue weighted by Crippen LogP contribution is 2.51. The van der Waals surface area contributed by atoms with Crippen LogP contribution in [0.1, 0.15) is 104 Å². The number of fused-ring (bicyclic) bond motifs is 6. The monoisotopic (exact) mass is 762 g/mol. The van der Waals surface area contributed by atoms with Crippen molar-refractivity contribution in [1.29, 1.82) is 0 Å². The van der Waals surface area contributed by atoms with Gasteiger partial charge >= 0.3 is 5.97 Å². The Kier molecular flexibility index (Phi) is 11.8. The third kappa shape index (κ3) is 7.89. The summed E-state index contributed by atoms with van der Waals surface area (Å²) in [6.07, 6.45) is 21.4. The first kappa shape index (κ1) is 39.7. The van der Waals surface area contributed by atoms with Crippen molar-refractivity contribution in [1.82, 2.24) is 5.06 Å². The Balaban J connectivity index is 1.07. The summed E-state index contributed by atoms with van der Waals surface area (Å²) < 4.78 is 2.43. The summed E-state index contributed by atoms with van der Waals surface area (Å²) in [5, 5.41) is 5.75. The zero-order chi connectivity index (χ0) is 40.2. The lowest BCUT2D eigenvalue weighted by Crippen LogP contribution is -2.31. The molecule has 7 rings (SSSR count). The van der Waals surface area contributed by atoms with E-state index in [0.29, 0.717) is 11.5 Å². The van der Waals surface area contributed by atoms with E-state index in [2.05, 4.69) is 159 Å². The number of carbonyl (C=O) groups is 3. The van der Waals surface area contributed by atoms with Crippen LogP contribution in [0.25, 0.3) is 21.5 Å². The predicted molar refractivity (Wildman–Crippen MR) is 232 cm³/mol. The molecule has 3 heterocycles. The van der Waals surface area contributed by atoms with Crippen molar-refractivity contribution in [2.24, 2.45) is 0 Å². The number of imide groups is 1. The first-order chi connectivity index (χ1) is 27.5. The molecule has 0 spiro atoms. The van der Waals surface area contributed by atoms with E-state index in [0.717, 1.165) is 32.4 Å². The zero-order valence-electron chi connectivity index (χ0n) is 34.2. The Labute approximate surface area is 337 Å². The fourth-order valence-corrected chi connectivity index (χ4v) is 9.08. The molecule has 7 heteroatoms. The van der Waals surface area contributed by atoms with Gasteiger partial charge in [0.25, 0.3) is 11.8 Å². The van der Waals surface area contributed by atoms with Gasteiger partial charge in [-0.3, -0.25) is 9.59 Å². The second kappa shape index (κ2) is 16.9. The summed E-state index contributed by atoms with van der Waals surface area (Å²) in [6, 6.07) is 26.4. The standard InChI is InChI=1S/C50H56N3O4/c1-6-7-19-34-51-40-30-28-36-21-15-17-23-38(36)47(40)49(2,3)42(51)25-12-9-8-10-13-26-43-50(4,5)48-39-24-18-16-22-37(39)29-31-41(48)52(43)35-20-11-14-27-46(56)57-53-44(54)32-33-45(53)55/h8-10,12-13,15-18,21-26,28-31H,6-7,11,14,19-20,27,32-35H2,1-5H3/q+1. The summed E-state index contributed by atoms with van der Waals surface area (Å²) >= 11 is 0. The van der Waals surface area contributed by atoms with Crippen LogP contribution >= 0.6 is 0 Å². The summed E-state index contributed by atoms with van der Waals surface area (Å²) in [5.74, 6) is -1.44. The van der Waals surface area contributed by atoms with Crippen LogP contribution < -0.4 is 4.90 Å². The van der Waals surface area contributed by atoms with E-state index in [4.69, 9.17) is 4.84 Å². The summed E-state index contributed by atoms with van der Waals surface area (Å²) in [6.45, 7) is 13.4. The Morgan fingerprint density at radius 3 is 2.09 bits per heavy atom. The highest BCUT2D eigenvalue weighted by molar-refractivity contribution is 6.07. The Hall–Kier alpha value is -5.56. The Morgan fingerprint density at radius 2 is 1.37 bits per heavy atom. The van der Waals surface area contributed by atoms with Gasteiger partial charge in [-0.1, -0.05) is 119 Å². The lowest BCUT2D eigenvalue weighted by molar-refractivity contribution is -0.438. The van der Waals surface area contributed by atoms with Gasteiger partial charge in [0.1, 0.15) is 6.54 Å². The minimum absolute atomic E-state index is 0.0945. The van der Waals surface area contributed by atoms with Gasteiger partial charge in [-0.15, -0.1) is 5.06 Å². The molecule has 7 nitrogen and oxygen atoms in total. The van der Waals surface area contributed by atoms with Crippen molar-refractivity contribution in [2.75, 3.05) is 18.0 Å². The zero-order valence-corrected chi connectivity index (χ0v) is 34.2. The average Bonchev–Trinajstić information content (AvgIpc) is 3.72. The number of hydrogen-bond acceptors (Lipinski definition) is 5. The maximum absolute atomic E-state index is 12.4.